The third-order valence-corrected chi connectivity index (χ3v) is 6.43. The second kappa shape index (κ2) is 5.17. The van der Waals surface area contributed by atoms with Crippen molar-refractivity contribution in [3.63, 3.8) is 0 Å². The number of rotatable bonds is 4. The maximum Gasteiger partial charge on any atom is 0.224 e. The molecule has 1 saturated carbocycles. The number of hydrogen-bond donors (Lipinski definition) is 1. The zero-order valence-electron chi connectivity index (χ0n) is 12.8. The van der Waals surface area contributed by atoms with Crippen LogP contribution in [-0.4, -0.2) is 32.4 Å². The van der Waals surface area contributed by atoms with E-state index in [1.807, 2.05) is 13.8 Å². The first-order valence-corrected chi connectivity index (χ1v) is 9.09. The summed E-state index contributed by atoms with van der Waals surface area (Å²) < 4.78 is 22.8. The van der Waals surface area contributed by atoms with Crippen molar-refractivity contribution >= 4 is 15.7 Å². The van der Waals surface area contributed by atoms with E-state index in [4.69, 9.17) is 0 Å². The largest absolute Gasteiger partial charge is 0.356 e. The minimum atomic E-state index is -2.86. The Morgan fingerprint density at radius 2 is 2.00 bits per heavy atom. The van der Waals surface area contributed by atoms with Gasteiger partial charge in [0.05, 0.1) is 17.4 Å². The van der Waals surface area contributed by atoms with Gasteiger partial charge in [-0.25, -0.2) is 8.42 Å². The molecule has 2 rings (SSSR count). The molecule has 1 amide bonds. The maximum atomic E-state index is 12.2. The molecule has 0 aromatic heterocycles. The summed E-state index contributed by atoms with van der Waals surface area (Å²) in [5, 5.41) is 2.95. The molecule has 2 fully saturated rings. The number of nitrogens with one attached hydrogen (secondary N) is 1. The molecule has 1 heterocycles. The molecule has 5 heteroatoms. The van der Waals surface area contributed by atoms with Crippen LogP contribution in [0.15, 0.2) is 11.6 Å². The van der Waals surface area contributed by atoms with E-state index in [0.717, 1.165) is 0 Å². The SMILES string of the molecule is CC(C)=C[C@@H]1[C@H](C(=O)NC[C@H]2CCS(=O)(=O)C2)C1(C)C. The molecule has 1 N–H and O–H groups in total. The predicted octanol–water partition coefficient (Wildman–Crippen LogP) is 1.78. The van der Waals surface area contributed by atoms with Gasteiger partial charge in [0.1, 0.15) is 0 Å². The van der Waals surface area contributed by atoms with E-state index in [2.05, 4.69) is 25.2 Å². The highest BCUT2D eigenvalue weighted by molar-refractivity contribution is 7.91. The Bertz CT molecular complexity index is 529. The van der Waals surface area contributed by atoms with Gasteiger partial charge in [-0.05, 0) is 37.5 Å². The Hall–Kier alpha value is -0.840. The molecule has 1 aliphatic carbocycles. The van der Waals surface area contributed by atoms with Crippen LogP contribution in [0.25, 0.3) is 0 Å². The minimum absolute atomic E-state index is 0.0170. The summed E-state index contributed by atoms with van der Waals surface area (Å²) in [6, 6.07) is 0. The number of amides is 1. The quantitative estimate of drug-likeness (QED) is 0.805. The molecule has 0 aromatic carbocycles. The smallest absolute Gasteiger partial charge is 0.224 e. The summed E-state index contributed by atoms with van der Waals surface area (Å²) in [6.45, 7) is 8.81. The molecule has 0 bridgehead atoms. The van der Waals surface area contributed by atoms with Gasteiger partial charge in [-0.15, -0.1) is 0 Å². The second-order valence-corrected chi connectivity index (χ2v) is 9.31. The van der Waals surface area contributed by atoms with Crippen LogP contribution in [0.2, 0.25) is 0 Å². The molecule has 0 unspecified atom stereocenters. The molecule has 0 aromatic rings. The van der Waals surface area contributed by atoms with Crippen LogP contribution >= 0.6 is 0 Å². The van der Waals surface area contributed by atoms with Crippen molar-refractivity contribution in [2.75, 3.05) is 18.1 Å². The molecule has 114 valence electrons. The topological polar surface area (TPSA) is 63.2 Å². The molecule has 0 radical (unpaired) electrons. The van der Waals surface area contributed by atoms with Crippen LogP contribution in [0, 0.1) is 23.2 Å². The van der Waals surface area contributed by atoms with Crippen molar-refractivity contribution in [2.45, 2.75) is 34.1 Å². The van der Waals surface area contributed by atoms with Gasteiger partial charge in [-0.2, -0.15) is 0 Å². The lowest BCUT2D eigenvalue weighted by atomic mass is 10.1. The van der Waals surface area contributed by atoms with Crippen molar-refractivity contribution in [3.8, 4) is 0 Å². The van der Waals surface area contributed by atoms with E-state index in [1.165, 1.54) is 5.57 Å². The highest BCUT2D eigenvalue weighted by Crippen LogP contribution is 2.59. The fraction of sp³-hybridized carbons (Fsp3) is 0.800. The third-order valence-electron chi connectivity index (χ3n) is 4.60. The number of hydrogen-bond acceptors (Lipinski definition) is 3. The molecular formula is C15H25NO3S. The van der Waals surface area contributed by atoms with Gasteiger partial charge in [0.2, 0.25) is 5.91 Å². The highest BCUT2D eigenvalue weighted by atomic mass is 32.2. The monoisotopic (exact) mass is 299 g/mol. The fourth-order valence-corrected chi connectivity index (χ4v) is 5.10. The number of allylic oxidation sites excluding steroid dienone is 2. The molecular weight excluding hydrogens is 274 g/mol. The van der Waals surface area contributed by atoms with Gasteiger partial charge in [-0.1, -0.05) is 25.5 Å². The number of carbonyl (C=O) groups excluding carboxylic acids is 1. The van der Waals surface area contributed by atoms with Crippen LogP contribution in [0.5, 0.6) is 0 Å². The summed E-state index contributed by atoms with van der Waals surface area (Å²) in [5.41, 5.74) is 1.25. The van der Waals surface area contributed by atoms with E-state index in [0.29, 0.717) is 18.9 Å². The number of carbonyl (C=O) groups is 1. The summed E-state index contributed by atoms with van der Waals surface area (Å²) in [7, 11) is -2.86. The lowest BCUT2D eigenvalue weighted by Gasteiger charge is -2.10. The van der Waals surface area contributed by atoms with Crippen LogP contribution in [-0.2, 0) is 14.6 Å². The van der Waals surface area contributed by atoms with E-state index in [-0.39, 0.29) is 34.7 Å². The third kappa shape index (κ3) is 3.25. The maximum absolute atomic E-state index is 12.2. The molecule has 1 aliphatic heterocycles. The van der Waals surface area contributed by atoms with E-state index in [9.17, 15) is 13.2 Å². The van der Waals surface area contributed by atoms with Gasteiger partial charge in [-0.3, -0.25) is 4.79 Å². The van der Waals surface area contributed by atoms with Gasteiger partial charge < -0.3 is 5.32 Å². The van der Waals surface area contributed by atoms with Crippen molar-refractivity contribution in [2.24, 2.45) is 23.2 Å². The highest BCUT2D eigenvalue weighted by Gasteiger charge is 2.60. The summed E-state index contributed by atoms with van der Waals surface area (Å²) >= 11 is 0. The Morgan fingerprint density at radius 3 is 2.50 bits per heavy atom. The average molecular weight is 299 g/mol. The normalized spacial score (nSPS) is 33.5. The zero-order valence-corrected chi connectivity index (χ0v) is 13.6. The van der Waals surface area contributed by atoms with Gasteiger partial charge in [0.15, 0.2) is 9.84 Å². The Labute approximate surface area is 121 Å². The summed E-state index contributed by atoms with van der Waals surface area (Å²) in [6.07, 6.45) is 2.85. The van der Waals surface area contributed by atoms with E-state index >= 15 is 0 Å². The van der Waals surface area contributed by atoms with Crippen LogP contribution in [0.4, 0.5) is 0 Å². The molecule has 0 spiro atoms. The lowest BCUT2D eigenvalue weighted by molar-refractivity contribution is -0.123. The van der Waals surface area contributed by atoms with Crippen molar-refractivity contribution in [1.82, 2.24) is 5.32 Å². The minimum Gasteiger partial charge on any atom is -0.356 e. The fourth-order valence-electron chi connectivity index (χ4n) is 3.24. The van der Waals surface area contributed by atoms with E-state index < -0.39 is 9.84 Å². The van der Waals surface area contributed by atoms with Crippen molar-refractivity contribution in [3.05, 3.63) is 11.6 Å². The Kier molecular flexibility index (Phi) is 4.02. The van der Waals surface area contributed by atoms with Gasteiger partial charge in [0, 0.05) is 6.54 Å². The van der Waals surface area contributed by atoms with Gasteiger partial charge in [0.25, 0.3) is 0 Å². The van der Waals surface area contributed by atoms with Crippen molar-refractivity contribution in [1.29, 1.82) is 0 Å². The van der Waals surface area contributed by atoms with E-state index in [1.54, 1.807) is 0 Å². The molecule has 20 heavy (non-hydrogen) atoms. The Morgan fingerprint density at radius 1 is 1.35 bits per heavy atom. The van der Waals surface area contributed by atoms with Crippen LogP contribution in [0.3, 0.4) is 0 Å². The first-order chi connectivity index (χ1) is 9.13. The number of sulfone groups is 1. The first kappa shape index (κ1) is 15.5. The predicted molar refractivity (Wildman–Crippen MR) is 80.0 cm³/mol. The molecule has 1 saturated heterocycles. The van der Waals surface area contributed by atoms with Gasteiger partial charge >= 0.3 is 0 Å². The first-order valence-electron chi connectivity index (χ1n) is 7.26. The van der Waals surface area contributed by atoms with Crippen LogP contribution in [0.1, 0.15) is 34.1 Å². The second-order valence-electron chi connectivity index (χ2n) is 7.08. The zero-order chi connectivity index (χ0) is 15.1. The standard InChI is InChI=1S/C15H25NO3S/c1-10(2)7-12-13(15(12,3)4)14(17)16-8-11-5-6-20(18,19)9-11/h7,11-13H,5-6,8-9H2,1-4H3,(H,16,17)/t11-,12-,13-/m1/s1. The summed E-state index contributed by atoms with van der Waals surface area (Å²) in [4.78, 5) is 12.2. The summed E-state index contributed by atoms with van der Waals surface area (Å²) in [5.74, 6) is 0.978. The lowest BCUT2D eigenvalue weighted by Crippen LogP contribution is -2.32. The molecule has 4 nitrogen and oxygen atoms in total. The van der Waals surface area contributed by atoms with Crippen molar-refractivity contribution < 1.29 is 13.2 Å². The average Bonchev–Trinajstić information content (AvgIpc) is 2.65. The Balaban J connectivity index is 1.86. The van der Waals surface area contributed by atoms with Crippen LogP contribution < -0.4 is 5.32 Å². The molecule has 3 atom stereocenters. The molecule has 2 aliphatic rings.